The summed E-state index contributed by atoms with van der Waals surface area (Å²) in [7, 11) is 0. The van der Waals surface area contributed by atoms with Crippen LogP contribution in [0.5, 0.6) is 0 Å². The van der Waals surface area contributed by atoms with Gasteiger partial charge >= 0.3 is 0 Å². The van der Waals surface area contributed by atoms with Crippen molar-refractivity contribution in [3.63, 3.8) is 0 Å². The number of carbonyl (C=O) groups excluding carboxylic acids is 1. The molecular formula is C17H28N2O2. The molecule has 1 aromatic carbocycles. The van der Waals surface area contributed by atoms with Crippen molar-refractivity contribution in [2.24, 2.45) is 0 Å². The van der Waals surface area contributed by atoms with Crippen LogP contribution < -0.4 is 11.1 Å². The van der Waals surface area contributed by atoms with E-state index >= 15 is 0 Å². The van der Waals surface area contributed by atoms with E-state index in [0.717, 1.165) is 18.4 Å². The fourth-order valence-corrected chi connectivity index (χ4v) is 2.20. The molecule has 0 heterocycles. The number of nitrogens with two attached hydrogens (primary N) is 1. The Morgan fingerprint density at radius 3 is 2.43 bits per heavy atom. The summed E-state index contributed by atoms with van der Waals surface area (Å²) in [6.07, 6.45) is 6.87. The van der Waals surface area contributed by atoms with Crippen molar-refractivity contribution >= 4 is 11.6 Å². The molecule has 0 aliphatic carbocycles. The minimum atomic E-state index is -0.681. The zero-order valence-corrected chi connectivity index (χ0v) is 13.0. The van der Waals surface area contributed by atoms with E-state index in [-0.39, 0.29) is 12.5 Å². The lowest BCUT2D eigenvalue weighted by Crippen LogP contribution is -2.28. The number of hydrogen-bond acceptors (Lipinski definition) is 3. The van der Waals surface area contributed by atoms with E-state index < -0.39 is 6.10 Å². The fraction of sp³-hybridized carbons (Fsp3) is 0.588. The van der Waals surface area contributed by atoms with Gasteiger partial charge in [-0.25, -0.2) is 0 Å². The highest BCUT2D eigenvalue weighted by Gasteiger charge is 2.09. The van der Waals surface area contributed by atoms with E-state index in [0.29, 0.717) is 12.1 Å². The Hall–Kier alpha value is -1.55. The van der Waals surface area contributed by atoms with Crippen LogP contribution in [-0.4, -0.2) is 17.6 Å². The van der Waals surface area contributed by atoms with Crippen LogP contribution in [0.4, 0.5) is 5.69 Å². The first-order chi connectivity index (χ1) is 10.1. The lowest BCUT2D eigenvalue weighted by molar-refractivity contribution is -0.121. The van der Waals surface area contributed by atoms with E-state index in [2.05, 4.69) is 12.2 Å². The standard InChI is InChI=1S/C17H28N2O2/c1-2-3-4-5-6-7-8-17(21)19-13-16(20)14-9-11-15(18)12-10-14/h9-12,16,20H,2-8,13,18H2,1H3,(H,19,21). The number of carbonyl (C=O) groups is 1. The molecule has 4 N–H and O–H groups in total. The maximum Gasteiger partial charge on any atom is 0.220 e. The molecule has 0 saturated carbocycles. The molecule has 0 bridgehead atoms. The summed E-state index contributed by atoms with van der Waals surface area (Å²) in [5, 5.41) is 12.8. The van der Waals surface area contributed by atoms with Crippen molar-refractivity contribution in [3.8, 4) is 0 Å². The maximum absolute atomic E-state index is 11.7. The van der Waals surface area contributed by atoms with Crippen LogP contribution in [0.3, 0.4) is 0 Å². The molecule has 4 heteroatoms. The number of nitrogens with one attached hydrogen (secondary N) is 1. The van der Waals surface area contributed by atoms with Crippen molar-refractivity contribution < 1.29 is 9.90 Å². The van der Waals surface area contributed by atoms with E-state index in [1.165, 1.54) is 25.7 Å². The van der Waals surface area contributed by atoms with Crippen LogP contribution in [0.1, 0.15) is 63.5 Å². The van der Waals surface area contributed by atoms with Gasteiger partial charge in [-0.1, -0.05) is 51.2 Å². The number of amides is 1. The number of anilines is 1. The molecule has 0 aromatic heterocycles. The van der Waals surface area contributed by atoms with Gasteiger partial charge in [0.2, 0.25) is 5.91 Å². The van der Waals surface area contributed by atoms with Crippen LogP contribution in [-0.2, 0) is 4.79 Å². The fourth-order valence-electron chi connectivity index (χ4n) is 2.20. The van der Waals surface area contributed by atoms with E-state index in [4.69, 9.17) is 5.73 Å². The first kappa shape index (κ1) is 17.5. The second-order valence-corrected chi connectivity index (χ2v) is 5.50. The van der Waals surface area contributed by atoms with Gasteiger partial charge in [-0.2, -0.15) is 0 Å². The quantitative estimate of drug-likeness (QED) is 0.458. The van der Waals surface area contributed by atoms with Crippen molar-refractivity contribution in [3.05, 3.63) is 29.8 Å². The summed E-state index contributed by atoms with van der Waals surface area (Å²) in [4.78, 5) is 11.7. The number of nitrogen functional groups attached to an aromatic ring is 1. The van der Waals surface area contributed by atoms with E-state index in [9.17, 15) is 9.90 Å². The molecule has 1 unspecified atom stereocenters. The Bertz CT molecular complexity index is 404. The third-order valence-electron chi connectivity index (χ3n) is 3.57. The van der Waals surface area contributed by atoms with Crippen LogP contribution in [0.25, 0.3) is 0 Å². The molecular weight excluding hydrogens is 264 g/mol. The SMILES string of the molecule is CCCCCCCCC(=O)NCC(O)c1ccc(N)cc1. The average molecular weight is 292 g/mol. The van der Waals surface area contributed by atoms with Gasteiger partial charge in [0.25, 0.3) is 0 Å². The molecule has 0 aliphatic heterocycles. The van der Waals surface area contributed by atoms with Crippen molar-refractivity contribution in [1.29, 1.82) is 0 Å². The zero-order valence-electron chi connectivity index (χ0n) is 13.0. The molecule has 1 rings (SSSR count). The Kier molecular flexibility index (Phi) is 8.51. The van der Waals surface area contributed by atoms with Gasteiger partial charge in [0.05, 0.1) is 6.10 Å². The molecule has 0 radical (unpaired) electrons. The zero-order chi connectivity index (χ0) is 15.5. The molecule has 118 valence electrons. The lowest BCUT2D eigenvalue weighted by Gasteiger charge is -2.12. The molecule has 0 spiro atoms. The summed E-state index contributed by atoms with van der Waals surface area (Å²) < 4.78 is 0. The van der Waals surface area contributed by atoms with Crippen molar-refractivity contribution in [1.82, 2.24) is 5.32 Å². The first-order valence-corrected chi connectivity index (χ1v) is 7.93. The van der Waals surface area contributed by atoms with Crippen LogP contribution >= 0.6 is 0 Å². The van der Waals surface area contributed by atoms with Gasteiger partial charge in [-0.05, 0) is 24.1 Å². The Labute approximate surface area is 127 Å². The summed E-state index contributed by atoms with van der Waals surface area (Å²) in [6.45, 7) is 2.44. The monoisotopic (exact) mass is 292 g/mol. The van der Waals surface area contributed by atoms with Gasteiger partial charge in [-0.15, -0.1) is 0 Å². The van der Waals surface area contributed by atoms with Gasteiger partial charge in [0.15, 0.2) is 0 Å². The summed E-state index contributed by atoms with van der Waals surface area (Å²) in [6, 6.07) is 7.05. The van der Waals surface area contributed by atoms with Gasteiger partial charge in [0, 0.05) is 18.7 Å². The van der Waals surface area contributed by atoms with E-state index in [1.54, 1.807) is 24.3 Å². The predicted molar refractivity (Wildman–Crippen MR) is 86.8 cm³/mol. The van der Waals surface area contributed by atoms with Crippen molar-refractivity contribution in [2.75, 3.05) is 12.3 Å². The third-order valence-corrected chi connectivity index (χ3v) is 3.57. The van der Waals surface area contributed by atoms with Crippen LogP contribution in [0.15, 0.2) is 24.3 Å². The summed E-state index contributed by atoms with van der Waals surface area (Å²) in [5.41, 5.74) is 7.03. The normalized spacial score (nSPS) is 12.1. The topological polar surface area (TPSA) is 75.3 Å². The first-order valence-electron chi connectivity index (χ1n) is 7.93. The molecule has 1 aromatic rings. The third kappa shape index (κ3) is 7.71. The van der Waals surface area contributed by atoms with Gasteiger partial charge in [-0.3, -0.25) is 4.79 Å². The van der Waals surface area contributed by atoms with Gasteiger partial charge in [0.1, 0.15) is 0 Å². The van der Waals surface area contributed by atoms with E-state index in [1.807, 2.05) is 0 Å². The Morgan fingerprint density at radius 2 is 1.76 bits per heavy atom. The predicted octanol–water partition coefficient (Wildman–Crippen LogP) is 3.17. The smallest absolute Gasteiger partial charge is 0.220 e. The summed E-state index contributed by atoms with van der Waals surface area (Å²) in [5.74, 6) is 0.0139. The molecule has 21 heavy (non-hydrogen) atoms. The number of hydrogen-bond donors (Lipinski definition) is 3. The highest BCUT2D eigenvalue weighted by Crippen LogP contribution is 2.14. The second-order valence-electron chi connectivity index (χ2n) is 5.50. The van der Waals surface area contributed by atoms with Crippen LogP contribution in [0.2, 0.25) is 0 Å². The van der Waals surface area contributed by atoms with Crippen molar-refractivity contribution in [2.45, 2.75) is 58.0 Å². The summed E-state index contributed by atoms with van der Waals surface area (Å²) >= 11 is 0. The number of aliphatic hydroxyl groups excluding tert-OH is 1. The largest absolute Gasteiger partial charge is 0.399 e. The molecule has 0 fully saturated rings. The number of aliphatic hydroxyl groups is 1. The van der Waals surface area contributed by atoms with Gasteiger partial charge < -0.3 is 16.2 Å². The second kappa shape index (κ2) is 10.2. The highest BCUT2D eigenvalue weighted by atomic mass is 16.3. The Balaban J connectivity index is 2.13. The number of rotatable bonds is 10. The minimum absolute atomic E-state index is 0.0139. The molecule has 1 amide bonds. The average Bonchev–Trinajstić information content (AvgIpc) is 2.49. The number of unbranched alkanes of at least 4 members (excludes halogenated alkanes) is 5. The highest BCUT2D eigenvalue weighted by molar-refractivity contribution is 5.75. The maximum atomic E-state index is 11.7. The molecule has 0 aliphatic rings. The molecule has 4 nitrogen and oxygen atoms in total. The number of benzene rings is 1. The molecule has 0 saturated heterocycles. The van der Waals surface area contributed by atoms with Crippen LogP contribution in [0, 0.1) is 0 Å². The Morgan fingerprint density at radius 1 is 1.14 bits per heavy atom. The minimum Gasteiger partial charge on any atom is -0.399 e. The molecule has 1 atom stereocenters. The lowest BCUT2D eigenvalue weighted by atomic mass is 10.1.